The molecule has 2 rings (SSSR count). The van der Waals surface area contributed by atoms with E-state index in [1.165, 1.54) is 7.11 Å². The molecule has 0 unspecified atom stereocenters. The number of aliphatic hydroxyl groups is 1. The van der Waals surface area contributed by atoms with Crippen LogP contribution < -0.4 is 0 Å². The average molecular weight is 295 g/mol. The first-order valence-corrected chi connectivity index (χ1v) is 6.71. The summed E-state index contributed by atoms with van der Waals surface area (Å²) in [7, 11) is 1.35. The van der Waals surface area contributed by atoms with Crippen molar-refractivity contribution < 1.29 is 27.8 Å². The van der Waals surface area contributed by atoms with Crippen LogP contribution in [0.5, 0.6) is 0 Å². The molecule has 2 fully saturated rings. The number of methoxy groups -OCH3 is 1. The SMILES string of the molecule is COC(=O)[C@H]1CC12CCN(C[C@](C)(O)C(F)(F)F)CC2. The van der Waals surface area contributed by atoms with Crippen molar-refractivity contribution in [1.29, 1.82) is 0 Å². The van der Waals surface area contributed by atoms with Gasteiger partial charge in [0.05, 0.1) is 13.0 Å². The van der Waals surface area contributed by atoms with E-state index < -0.39 is 18.3 Å². The Hall–Kier alpha value is -0.820. The van der Waals surface area contributed by atoms with E-state index in [0.717, 1.165) is 13.3 Å². The van der Waals surface area contributed by atoms with Crippen molar-refractivity contribution in [1.82, 2.24) is 4.90 Å². The van der Waals surface area contributed by atoms with Gasteiger partial charge in [0, 0.05) is 6.54 Å². The smallest absolute Gasteiger partial charge is 0.418 e. The molecule has 1 saturated heterocycles. The van der Waals surface area contributed by atoms with Gasteiger partial charge in [0.2, 0.25) is 0 Å². The molecule has 1 aliphatic heterocycles. The molecule has 116 valence electrons. The molecule has 20 heavy (non-hydrogen) atoms. The molecule has 1 heterocycles. The van der Waals surface area contributed by atoms with E-state index in [2.05, 4.69) is 0 Å². The number of esters is 1. The lowest BCUT2D eigenvalue weighted by atomic mass is 9.90. The predicted octanol–water partition coefficient (Wildman–Crippen LogP) is 1.57. The molecular weight excluding hydrogens is 275 g/mol. The number of alkyl halides is 3. The highest BCUT2D eigenvalue weighted by Crippen LogP contribution is 2.59. The van der Waals surface area contributed by atoms with E-state index in [0.29, 0.717) is 25.9 Å². The van der Waals surface area contributed by atoms with Crippen LogP contribution in [0.15, 0.2) is 0 Å². The first-order chi connectivity index (χ1) is 9.11. The molecule has 0 aromatic carbocycles. The largest absolute Gasteiger partial charge is 0.469 e. The lowest BCUT2D eigenvalue weighted by Gasteiger charge is -2.37. The fourth-order valence-electron chi connectivity index (χ4n) is 3.06. The van der Waals surface area contributed by atoms with Crippen molar-refractivity contribution >= 4 is 5.97 Å². The number of nitrogens with zero attached hydrogens (tertiary/aromatic N) is 1. The number of piperidine rings is 1. The van der Waals surface area contributed by atoms with E-state index >= 15 is 0 Å². The lowest BCUT2D eigenvalue weighted by molar-refractivity contribution is -0.258. The van der Waals surface area contributed by atoms with E-state index in [-0.39, 0.29) is 17.3 Å². The summed E-state index contributed by atoms with van der Waals surface area (Å²) in [6.45, 7) is 1.32. The van der Waals surface area contributed by atoms with Crippen molar-refractivity contribution in [3.8, 4) is 0 Å². The number of carbonyl (C=O) groups excluding carboxylic acids is 1. The number of hydrogen-bond donors (Lipinski definition) is 1. The number of rotatable bonds is 3. The van der Waals surface area contributed by atoms with Crippen LogP contribution in [0.2, 0.25) is 0 Å². The molecule has 1 spiro atoms. The van der Waals surface area contributed by atoms with Crippen LogP contribution in [0.25, 0.3) is 0 Å². The predicted molar refractivity (Wildman–Crippen MR) is 64.9 cm³/mol. The molecule has 0 aromatic heterocycles. The van der Waals surface area contributed by atoms with Gasteiger partial charge in [-0.1, -0.05) is 0 Å². The van der Waals surface area contributed by atoms with Crippen molar-refractivity contribution in [2.45, 2.75) is 38.0 Å². The second-order valence-electron chi connectivity index (χ2n) is 6.19. The van der Waals surface area contributed by atoms with Gasteiger partial charge in [-0.3, -0.25) is 4.79 Å². The molecular formula is C13H20F3NO3. The van der Waals surface area contributed by atoms with E-state index in [1.807, 2.05) is 0 Å². The monoisotopic (exact) mass is 295 g/mol. The molecule has 7 heteroatoms. The van der Waals surface area contributed by atoms with Crippen molar-refractivity contribution in [3.05, 3.63) is 0 Å². The molecule has 4 nitrogen and oxygen atoms in total. The summed E-state index contributed by atoms with van der Waals surface area (Å²) in [5, 5.41) is 9.49. The third-order valence-electron chi connectivity index (χ3n) is 4.67. The molecule has 1 aliphatic carbocycles. The maximum absolute atomic E-state index is 12.6. The molecule has 1 N–H and O–H groups in total. The Kier molecular flexibility index (Phi) is 3.79. The summed E-state index contributed by atoms with van der Waals surface area (Å²) in [5.41, 5.74) is -2.77. The minimum atomic E-state index is -4.63. The first kappa shape index (κ1) is 15.6. The van der Waals surface area contributed by atoms with Gasteiger partial charge in [-0.15, -0.1) is 0 Å². The average Bonchev–Trinajstić information content (AvgIpc) is 3.04. The highest BCUT2D eigenvalue weighted by atomic mass is 19.4. The van der Waals surface area contributed by atoms with E-state index in [1.54, 1.807) is 4.90 Å². The Labute approximate surface area is 115 Å². The lowest BCUT2D eigenvalue weighted by Crippen LogP contribution is -2.53. The summed E-state index contributed by atoms with van der Waals surface area (Å²) in [5.74, 6) is -0.321. The van der Waals surface area contributed by atoms with Gasteiger partial charge >= 0.3 is 12.1 Å². The second-order valence-corrected chi connectivity index (χ2v) is 6.19. The number of carbonyl (C=O) groups is 1. The first-order valence-electron chi connectivity index (χ1n) is 6.71. The third-order valence-corrected chi connectivity index (χ3v) is 4.67. The van der Waals surface area contributed by atoms with Gasteiger partial charge in [0.25, 0.3) is 0 Å². The Morgan fingerprint density at radius 3 is 2.40 bits per heavy atom. The Morgan fingerprint density at radius 1 is 1.40 bits per heavy atom. The van der Waals surface area contributed by atoms with Gasteiger partial charge in [0.15, 0.2) is 5.60 Å². The standard InChI is InChI=1S/C13H20F3NO3/c1-11(19,13(14,15)16)8-17-5-3-12(4-6-17)7-9(12)10(18)20-2/h9,19H,3-8H2,1-2H3/t9-,11+/m1/s1. The Morgan fingerprint density at radius 2 is 1.95 bits per heavy atom. The van der Waals surface area contributed by atoms with Gasteiger partial charge in [-0.05, 0) is 44.7 Å². The molecule has 2 atom stereocenters. The zero-order valence-corrected chi connectivity index (χ0v) is 11.7. The normalized spacial score (nSPS) is 29.0. The minimum absolute atomic E-state index is 0.0757. The number of hydrogen-bond acceptors (Lipinski definition) is 4. The topological polar surface area (TPSA) is 49.8 Å². The second kappa shape index (κ2) is 4.87. The zero-order chi connectivity index (χ0) is 15.2. The van der Waals surface area contributed by atoms with Gasteiger partial charge in [0.1, 0.15) is 0 Å². The maximum atomic E-state index is 12.6. The molecule has 0 aromatic rings. The highest BCUT2D eigenvalue weighted by molar-refractivity contribution is 5.76. The van der Waals surface area contributed by atoms with Crippen molar-refractivity contribution in [3.63, 3.8) is 0 Å². The van der Waals surface area contributed by atoms with Crippen LogP contribution in [0.1, 0.15) is 26.2 Å². The van der Waals surface area contributed by atoms with Gasteiger partial charge in [-0.2, -0.15) is 13.2 Å². The summed E-state index contributed by atoms with van der Waals surface area (Å²) < 4.78 is 42.6. The van der Waals surface area contributed by atoms with Crippen LogP contribution in [0, 0.1) is 11.3 Å². The van der Waals surface area contributed by atoms with Crippen molar-refractivity contribution in [2.24, 2.45) is 11.3 Å². The Bertz CT molecular complexity index is 387. The fourth-order valence-corrected chi connectivity index (χ4v) is 3.06. The zero-order valence-electron chi connectivity index (χ0n) is 11.7. The molecule has 0 radical (unpaired) electrons. The molecule has 0 amide bonds. The summed E-state index contributed by atoms with van der Waals surface area (Å²) in [6, 6.07) is 0. The van der Waals surface area contributed by atoms with Crippen LogP contribution in [0.3, 0.4) is 0 Å². The number of ether oxygens (including phenoxy) is 1. The maximum Gasteiger partial charge on any atom is 0.418 e. The van der Waals surface area contributed by atoms with Crippen molar-refractivity contribution in [2.75, 3.05) is 26.7 Å². The molecule has 1 saturated carbocycles. The molecule has 0 bridgehead atoms. The fraction of sp³-hybridized carbons (Fsp3) is 0.923. The van der Waals surface area contributed by atoms with Crippen LogP contribution >= 0.6 is 0 Å². The van der Waals surface area contributed by atoms with Gasteiger partial charge < -0.3 is 14.7 Å². The Balaban J connectivity index is 1.86. The highest BCUT2D eigenvalue weighted by Gasteiger charge is 2.60. The van der Waals surface area contributed by atoms with Gasteiger partial charge in [-0.25, -0.2) is 0 Å². The van der Waals surface area contributed by atoms with Crippen LogP contribution in [-0.4, -0.2) is 54.5 Å². The van der Waals surface area contributed by atoms with E-state index in [9.17, 15) is 23.1 Å². The number of β-amino-alcohol motifs (C(OH)–C–C–N with tert-alkyl or cyclic N) is 1. The van der Waals surface area contributed by atoms with Crippen LogP contribution in [0.4, 0.5) is 13.2 Å². The summed E-state index contributed by atoms with van der Waals surface area (Å²) >= 11 is 0. The third kappa shape index (κ3) is 2.79. The number of halogens is 3. The summed E-state index contributed by atoms with van der Waals surface area (Å²) in [6.07, 6.45) is -2.50. The van der Waals surface area contributed by atoms with E-state index in [4.69, 9.17) is 4.74 Å². The minimum Gasteiger partial charge on any atom is -0.469 e. The molecule has 2 aliphatic rings. The summed E-state index contributed by atoms with van der Waals surface area (Å²) in [4.78, 5) is 13.1. The van der Waals surface area contributed by atoms with Crippen LogP contribution in [-0.2, 0) is 9.53 Å². The number of likely N-dealkylation sites (tertiary alicyclic amines) is 1. The quantitative estimate of drug-likeness (QED) is 0.803.